The van der Waals surface area contributed by atoms with Crippen molar-refractivity contribution >= 4 is 23.0 Å². The lowest BCUT2D eigenvalue weighted by Crippen LogP contribution is -2.33. The van der Waals surface area contributed by atoms with Crippen LogP contribution in [0.3, 0.4) is 0 Å². The Labute approximate surface area is 218 Å². The summed E-state index contributed by atoms with van der Waals surface area (Å²) in [6, 6.07) is 12.0. The van der Waals surface area contributed by atoms with Crippen molar-refractivity contribution in [2.24, 2.45) is 5.10 Å². The van der Waals surface area contributed by atoms with E-state index in [-0.39, 0.29) is 5.92 Å². The molecule has 2 heterocycles. The Bertz CT molecular complexity index is 786. The molecular weight excluding hydrogens is 450 g/mol. The van der Waals surface area contributed by atoms with Gasteiger partial charge in [0.1, 0.15) is 0 Å². The van der Waals surface area contributed by atoms with E-state index in [2.05, 4.69) is 39.8 Å². The Balaban J connectivity index is 1.91. The van der Waals surface area contributed by atoms with Gasteiger partial charge in [-0.25, -0.2) is 0 Å². The van der Waals surface area contributed by atoms with Crippen LogP contribution in [0.25, 0.3) is 0 Å². The molecular formula is C29H45N5S. The molecule has 0 radical (unpaired) electrons. The van der Waals surface area contributed by atoms with Crippen LogP contribution in [-0.4, -0.2) is 27.3 Å². The molecule has 2 aromatic rings. The van der Waals surface area contributed by atoms with Crippen molar-refractivity contribution in [3.05, 3.63) is 60.2 Å². The smallest absolute Gasteiger partial charge is 0.186 e. The van der Waals surface area contributed by atoms with Crippen LogP contribution in [0.2, 0.25) is 0 Å². The molecule has 6 heteroatoms. The van der Waals surface area contributed by atoms with Crippen molar-refractivity contribution in [3.8, 4) is 0 Å². The second kappa shape index (κ2) is 18.9. The molecule has 2 N–H and O–H groups in total. The van der Waals surface area contributed by atoms with Gasteiger partial charge in [0.2, 0.25) is 0 Å². The summed E-state index contributed by atoms with van der Waals surface area (Å²) < 4.78 is 0. The first-order chi connectivity index (χ1) is 17.3. The highest BCUT2D eigenvalue weighted by molar-refractivity contribution is 7.80. The fourth-order valence-corrected chi connectivity index (χ4v) is 4.51. The van der Waals surface area contributed by atoms with Gasteiger partial charge in [0.15, 0.2) is 5.11 Å². The highest BCUT2D eigenvalue weighted by atomic mass is 32.1. The molecule has 0 aliphatic rings. The number of nitrogens with one attached hydrogen (secondary N) is 2. The molecule has 0 unspecified atom stereocenters. The minimum absolute atomic E-state index is 0.0953. The average molecular weight is 496 g/mol. The molecule has 0 aliphatic heterocycles. The van der Waals surface area contributed by atoms with E-state index in [9.17, 15) is 0 Å². The number of hydrogen-bond donors (Lipinski definition) is 2. The van der Waals surface area contributed by atoms with Gasteiger partial charge in [0.05, 0.1) is 23.0 Å². The van der Waals surface area contributed by atoms with Crippen molar-refractivity contribution in [2.75, 3.05) is 6.54 Å². The van der Waals surface area contributed by atoms with E-state index >= 15 is 0 Å². The molecule has 0 saturated heterocycles. The Kier molecular flexibility index (Phi) is 15.6. The van der Waals surface area contributed by atoms with E-state index in [1.165, 1.54) is 70.6 Å². The molecule has 0 saturated carbocycles. The second-order valence-electron chi connectivity index (χ2n) is 9.16. The maximum absolute atomic E-state index is 5.37. The maximum Gasteiger partial charge on any atom is 0.186 e. The summed E-state index contributed by atoms with van der Waals surface area (Å²) >= 11 is 5.37. The lowest BCUT2D eigenvalue weighted by molar-refractivity contribution is 0.545. The summed E-state index contributed by atoms with van der Waals surface area (Å²) in [7, 11) is 0. The molecule has 5 nitrogen and oxygen atoms in total. The molecule has 192 valence electrons. The largest absolute Gasteiger partial charge is 0.362 e. The van der Waals surface area contributed by atoms with Gasteiger partial charge < -0.3 is 5.32 Å². The summed E-state index contributed by atoms with van der Waals surface area (Å²) in [5, 5.41) is 8.43. The number of aromatic nitrogens is 2. The number of rotatable bonds is 18. The molecule has 0 aliphatic carbocycles. The molecule has 0 spiro atoms. The summed E-state index contributed by atoms with van der Waals surface area (Å²) in [4.78, 5) is 9.30. The molecule has 2 rings (SSSR count). The summed E-state index contributed by atoms with van der Waals surface area (Å²) in [5.41, 5.74) is 5.99. The van der Waals surface area contributed by atoms with E-state index < -0.39 is 0 Å². The third kappa shape index (κ3) is 12.3. The average Bonchev–Trinajstić information content (AvgIpc) is 2.89. The van der Waals surface area contributed by atoms with Crippen LogP contribution < -0.4 is 10.7 Å². The Morgan fingerprint density at radius 2 is 1.29 bits per heavy atom. The van der Waals surface area contributed by atoms with Crippen molar-refractivity contribution in [3.63, 3.8) is 0 Å². The third-order valence-electron chi connectivity index (χ3n) is 6.23. The highest BCUT2D eigenvalue weighted by Gasteiger charge is 2.23. The van der Waals surface area contributed by atoms with E-state index in [1.807, 2.05) is 43.6 Å². The van der Waals surface area contributed by atoms with Crippen molar-refractivity contribution in [1.29, 1.82) is 0 Å². The van der Waals surface area contributed by atoms with Crippen LogP contribution in [0.1, 0.15) is 115 Å². The van der Waals surface area contributed by atoms with Gasteiger partial charge in [-0.2, -0.15) is 5.10 Å². The Morgan fingerprint density at radius 1 is 0.771 bits per heavy atom. The van der Waals surface area contributed by atoms with Crippen LogP contribution in [0.5, 0.6) is 0 Å². The predicted molar refractivity (Wildman–Crippen MR) is 153 cm³/mol. The number of hydrazone groups is 1. The number of pyridine rings is 2. The molecule has 35 heavy (non-hydrogen) atoms. The van der Waals surface area contributed by atoms with Crippen LogP contribution >= 0.6 is 12.2 Å². The van der Waals surface area contributed by atoms with Crippen molar-refractivity contribution in [1.82, 2.24) is 20.7 Å². The second-order valence-corrected chi connectivity index (χ2v) is 9.56. The van der Waals surface area contributed by atoms with Crippen molar-refractivity contribution < 1.29 is 0 Å². The van der Waals surface area contributed by atoms with E-state index in [0.717, 1.165) is 36.5 Å². The fraction of sp³-hybridized carbons (Fsp3) is 0.586. The zero-order valence-corrected chi connectivity index (χ0v) is 22.7. The number of nitrogens with zero attached hydrogens (tertiary/aromatic N) is 3. The fourth-order valence-electron chi connectivity index (χ4n) is 4.32. The first-order valence-corrected chi connectivity index (χ1v) is 14.1. The molecule has 0 atom stereocenters. The van der Waals surface area contributed by atoms with Gasteiger partial charge in [-0.1, -0.05) is 89.7 Å². The number of unbranched alkanes of at least 4 members (excludes halogenated alkanes) is 11. The quantitative estimate of drug-likeness (QED) is 0.0968. The summed E-state index contributed by atoms with van der Waals surface area (Å²) in [6.07, 6.45) is 20.6. The van der Waals surface area contributed by atoms with E-state index in [0.29, 0.717) is 5.11 Å². The van der Waals surface area contributed by atoms with Gasteiger partial charge in [0.25, 0.3) is 0 Å². The van der Waals surface area contributed by atoms with Gasteiger partial charge in [-0.05, 0) is 56.2 Å². The van der Waals surface area contributed by atoms with Crippen LogP contribution in [0, 0.1) is 0 Å². The number of hydrogen-bond acceptors (Lipinski definition) is 4. The molecule has 0 bridgehead atoms. The van der Waals surface area contributed by atoms with Crippen LogP contribution in [-0.2, 0) is 0 Å². The highest BCUT2D eigenvalue weighted by Crippen LogP contribution is 2.26. The van der Waals surface area contributed by atoms with E-state index in [1.54, 1.807) is 0 Å². The van der Waals surface area contributed by atoms with Crippen LogP contribution in [0.4, 0.5) is 0 Å². The standard InChI is InChI=1S/C29H45N5S/c1-3-5-6-7-8-9-10-11-12-13-14-15-22-27(33-34-29(35)30-4-2)28(25-20-16-18-23-31-25)26-21-17-19-24-32-26/h16-21,23-24,28H,3-15,22H2,1-2H3,(H2,30,34,35). The molecule has 2 aromatic heterocycles. The van der Waals surface area contributed by atoms with Crippen LogP contribution in [0.15, 0.2) is 53.9 Å². The SMILES string of the molecule is CCCCCCCCCCCCCCC(=NNC(=S)NCC)C(c1ccccn1)c1ccccn1. The Morgan fingerprint density at radius 3 is 1.74 bits per heavy atom. The van der Waals surface area contributed by atoms with E-state index in [4.69, 9.17) is 17.3 Å². The lowest BCUT2D eigenvalue weighted by atomic mass is 9.91. The summed E-state index contributed by atoms with van der Waals surface area (Å²) in [6.45, 7) is 5.07. The molecule has 0 amide bonds. The first-order valence-electron chi connectivity index (χ1n) is 13.7. The monoisotopic (exact) mass is 495 g/mol. The maximum atomic E-state index is 5.37. The van der Waals surface area contributed by atoms with Gasteiger partial charge in [-0.15, -0.1) is 0 Å². The van der Waals surface area contributed by atoms with Gasteiger partial charge in [-0.3, -0.25) is 15.4 Å². The van der Waals surface area contributed by atoms with Gasteiger partial charge in [0, 0.05) is 18.9 Å². The zero-order chi connectivity index (χ0) is 25.0. The lowest BCUT2D eigenvalue weighted by Gasteiger charge is -2.19. The minimum Gasteiger partial charge on any atom is -0.362 e. The topological polar surface area (TPSA) is 62.2 Å². The Hall–Kier alpha value is -2.34. The third-order valence-corrected chi connectivity index (χ3v) is 6.46. The first kappa shape index (κ1) is 28.9. The molecule has 0 aromatic carbocycles. The van der Waals surface area contributed by atoms with Gasteiger partial charge >= 0.3 is 0 Å². The normalized spacial score (nSPS) is 11.6. The zero-order valence-electron chi connectivity index (χ0n) is 21.8. The minimum atomic E-state index is -0.0953. The number of thiocarbonyl (C=S) groups is 1. The predicted octanol–water partition coefficient (Wildman–Crippen LogP) is 7.54. The molecule has 0 fully saturated rings. The van der Waals surface area contributed by atoms with Crippen molar-refractivity contribution in [2.45, 2.75) is 103 Å². The summed E-state index contributed by atoms with van der Waals surface area (Å²) in [5.74, 6) is -0.0953.